The minimum absolute atomic E-state index is 0.0170. The molecule has 1 aliphatic rings. The lowest BCUT2D eigenvalue weighted by atomic mass is 9.83. The number of hydrogen-bond acceptors (Lipinski definition) is 6. The molecule has 0 saturated carbocycles. The molecule has 2 aromatic carbocycles. The van der Waals surface area contributed by atoms with E-state index >= 15 is 0 Å². The first kappa shape index (κ1) is 19.7. The fourth-order valence-corrected chi connectivity index (χ4v) is 4.44. The molecule has 0 unspecified atom stereocenters. The first-order valence-corrected chi connectivity index (χ1v) is 10.5. The highest BCUT2D eigenvalue weighted by Gasteiger charge is 2.38. The zero-order valence-corrected chi connectivity index (χ0v) is 17.9. The van der Waals surface area contributed by atoms with E-state index in [0.29, 0.717) is 10.2 Å². The normalized spacial score (nSPS) is 16.3. The van der Waals surface area contributed by atoms with E-state index in [9.17, 15) is 4.79 Å². The van der Waals surface area contributed by atoms with Crippen LogP contribution in [0, 0.1) is 0 Å². The molecule has 0 saturated heterocycles. The third-order valence-corrected chi connectivity index (χ3v) is 6.29. The second kappa shape index (κ2) is 7.65. The van der Waals surface area contributed by atoms with Gasteiger partial charge in [0, 0.05) is 34.9 Å². The molecule has 0 fully saturated rings. The van der Waals surface area contributed by atoms with Gasteiger partial charge in [-0.25, -0.2) is 0 Å². The topological polar surface area (TPSA) is 63.9 Å². The summed E-state index contributed by atoms with van der Waals surface area (Å²) in [6, 6.07) is 15.5. The maximum absolute atomic E-state index is 12.8. The third kappa shape index (κ3) is 3.68. The number of ketones is 1. The number of carbonyl (C=O) groups is 1. The van der Waals surface area contributed by atoms with Crippen LogP contribution in [0.4, 0.5) is 5.69 Å². The van der Waals surface area contributed by atoms with E-state index in [-0.39, 0.29) is 17.0 Å². The molecule has 2 heterocycles. The van der Waals surface area contributed by atoms with Crippen LogP contribution in [0.5, 0.6) is 0 Å². The first-order valence-electron chi connectivity index (χ1n) is 9.13. The van der Waals surface area contributed by atoms with Crippen LogP contribution in [0.1, 0.15) is 19.4 Å². The van der Waals surface area contributed by atoms with Crippen molar-refractivity contribution in [1.82, 2.24) is 20.2 Å². The lowest BCUT2D eigenvalue weighted by Gasteiger charge is -2.23. The van der Waals surface area contributed by atoms with Gasteiger partial charge in [0.1, 0.15) is 0 Å². The van der Waals surface area contributed by atoms with Crippen LogP contribution in [0.25, 0.3) is 5.69 Å². The Balaban J connectivity index is 1.51. The van der Waals surface area contributed by atoms with Gasteiger partial charge in [-0.3, -0.25) is 4.79 Å². The second-order valence-corrected chi connectivity index (χ2v) is 8.71. The van der Waals surface area contributed by atoms with Crippen molar-refractivity contribution in [3.63, 3.8) is 0 Å². The lowest BCUT2D eigenvalue weighted by Crippen LogP contribution is -2.24. The summed E-state index contributed by atoms with van der Waals surface area (Å²) in [5, 5.41) is 13.0. The number of anilines is 1. The molecule has 0 spiro atoms. The van der Waals surface area contributed by atoms with E-state index in [0.717, 1.165) is 17.1 Å². The highest BCUT2D eigenvalue weighted by molar-refractivity contribution is 7.99. The minimum Gasteiger partial charge on any atom is -0.347 e. The fraction of sp³-hybridized carbons (Fsp3) is 0.238. The molecule has 4 rings (SSSR count). The number of halogens is 1. The van der Waals surface area contributed by atoms with Crippen LogP contribution in [0.15, 0.2) is 65.5 Å². The van der Waals surface area contributed by atoms with E-state index in [2.05, 4.69) is 46.4 Å². The van der Waals surface area contributed by atoms with Gasteiger partial charge in [0.2, 0.25) is 5.16 Å². The second-order valence-electron chi connectivity index (χ2n) is 7.34. The average molecular weight is 426 g/mol. The highest BCUT2D eigenvalue weighted by Crippen LogP contribution is 2.46. The molecule has 8 heteroatoms. The van der Waals surface area contributed by atoms with Crippen LogP contribution in [-0.2, 0) is 10.2 Å². The lowest BCUT2D eigenvalue weighted by molar-refractivity contribution is -0.112. The quantitative estimate of drug-likeness (QED) is 0.449. The monoisotopic (exact) mass is 425 g/mol. The van der Waals surface area contributed by atoms with Gasteiger partial charge in [0.05, 0.1) is 11.4 Å². The number of aromatic nitrogens is 4. The smallest absolute Gasteiger partial charge is 0.214 e. The first-order chi connectivity index (χ1) is 13.9. The average Bonchev–Trinajstić information content (AvgIpc) is 3.25. The van der Waals surface area contributed by atoms with Gasteiger partial charge in [0.15, 0.2) is 5.78 Å². The summed E-state index contributed by atoms with van der Waals surface area (Å²) >= 11 is 7.25. The summed E-state index contributed by atoms with van der Waals surface area (Å²) in [7, 11) is 2.00. The molecule has 0 aliphatic carbocycles. The maximum Gasteiger partial charge on any atom is 0.214 e. The molecule has 148 valence electrons. The van der Waals surface area contributed by atoms with Crippen LogP contribution < -0.4 is 4.90 Å². The Labute approximate surface area is 178 Å². The highest BCUT2D eigenvalue weighted by atomic mass is 35.5. The molecule has 29 heavy (non-hydrogen) atoms. The number of thioether (sulfide) groups is 1. The number of hydrogen-bond donors (Lipinski definition) is 0. The van der Waals surface area contributed by atoms with Gasteiger partial charge >= 0.3 is 0 Å². The number of likely N-dealkylation sites (N-methyl/N-ethyl adjacent to an activating group) is 1. The Bertz CT molecular complexity index is 1090. The summed E-state index contributed by atoms with van der Waals surface area (Å²) in [6.07, 6.45) is 1.74. The fourth-order valence-electron chi connectivity index (χ4n) is 3.60. The van der Waals surface area contributed by atoms with Gasteiger partial charge in [-0.1, -0.05) is 55.4 Å². The van der Waals surface area contributed by atoms with Crippen molar-refractivity contribution < 1.29 is 4.79 Å². The van der Waals surface area contributed by atoms with Gasteiger partial charge in [0.25, 0.3) is 0 Å². The van der Waals surface area contributed by atoms with Gasteiger partial charge in [-0.15, -0.1) is 5.10 Å². The predicted octanol–water partition coefficient (Wildman–Crippen LogP) is 4.29. The van der Waals surface area contributed by atoms with Gasteiger partial charge < -0.3 is 4.90 Å². The Morgan fingerprint density at radius 2 is 1.90 bits per heavy atom. The molecular weight excluding hydrogens is 406 g/mol. The molecule has 1 aromatic heterocycles. The van der Waals surface area contributed by atoms with Crippen molar-refractivity contribution >= 4 is 34.8 Å². The Morgan fingerprint density at radius 3 is 2.62 bits per heavy atom. The summed E-state index contributed by atoms with van der Waals surface area (Å²) in [5.74, 6) is 0.265. The molecule has 0 atom stereocenters. The van der Waals surface area contributed by atoms with Crippen molar-refractivity contribution in [2.45, 2.75) is 24.4 Å². The van der Waals surface area contributed by atoms with Gasteiger partial charge in [-0.05, 0) is 46.3 Å². The SMILES string of the molecule is CN1/C(=C/C(=O)CSc2nnnn2-c2ccc(Cl)cc2)C(C)(C)c2ccccc21. The zero-order chi connectivity index (χ0) is 20.6. The number of para-hydroxylation sites is 1. The van der Waals surface area contributed by atoms with Crippen molar-refractivity contribution in [2.75, 3.05) is 17.7 Å². The molecular formula is C21H20ClN5OS. The molecule has 0 radical (unpaired) electrons. The molecule has 3 aromatic rings. The molecule has 0 bridgehead atoms. The van der Waals surface area contributed by atoms with Crippen LogP contribution in [0.3, 0.4) is 0 Å². The molecule has 1 aliphatic heterocycles. The van der Waals surface area contributed by atoms with Crippen molar-refractivity contribution in [1.29, 1.82) is 0 Å². The van der Waals surface area contributed by atoms with Crippen molar-refractivity contribution in [2.24, 2.45) is 0 Å². The summed E-state index contributed by atoms with van der Waals surface area (Å²) < 4.78 is 1.60. The summed E-state index contributed by atoms with van der Waals surface area (Å²) in [5.41, 5.74) is 3.91. The number of nitrogens with zero attached hydrogens (tertiary/aromatic N) is 5. The van der Waals surface area contributed by atoms with E-state index in [4.69, 9.17) is 11.6 Å². The minimum atomic E-state index is -0.226. The number of tetrazole rings is 1. The van der Waals surface area contributed by atoms with Crippen molar-refractivity contribution in [3.8, 4) is 5.69 Å². The van der Waals surface area contributed by atoms with E-state index < -0.39 is 0 Å². The molecule has 0 amide bonds. The van der Waals surface area contributed by atoms with Gasteiger partial charge in [-0.2, -0.15) is 4.68 Å². The Morgan fingerprint density at radius 1 is 1.17 bits per heavy atom. The Kier molecular flexibility index (Phi) is 5.19. The Hall–Kier alpha value is -2.64. The van der Waals surface area contributed by atoms with Crippen LogP contribution in [-0.4, -0.2) is 38.8 Å². The summed E-state index contributed by atoms with van der Waals surface area (Å²) in [6.45, 7) is 4.28. The van der Waals surface area contributed by atoms with E-state index in [1.165, 1.54) is 17.3 Å². The van der Waals surface area contributed by atoms with Crippen LogP contribution >= 0.6 is 23.4 Å². The number of fused-ring (bicyclic) bond motifs is 1. The van der Waals surface area contributed by atoms with E-state index in [1.54, 1.807) is 22.9 Å². The number of rotatable bonds is 5. The number of allylic oxidation sites excluding steroid dienone is 2. The maximum atomic E-state index is 12.8. The molecule has 6 nitrogen and oxygen atoms in total. The third-order valence-electron chi connectivity index (χ3n) is 5.09. The predicted molar refractivity (Wildman–Crippen MR) is 116 cm³/mol. The van der Waals surface area contributed by atoms with E-state index in [1.807, 2.05) is 31.3 Å². The standard InChI is InChI=1S/C21H20ClN5OS/c1-21(2)17-6-4-5-7-18(17)26(3)19(21)12-16(28)13-29-20-23-24-25-27(20)15-10-8-14(22)9-11-15/h4-12H,13H2,1-3H3/b19-12+. The van der Waals surface area contributed by atoms with Crippen molar-refractivity contribution in [3.05, 3.63) is 70.9 Å². The molecule has 0 N–H and O–H groups in total. The number of carbonyl (C=O) groups excluding carboxylic acids is 1. The largest absolute Gasteiger partial charge is 0.347 e. The number of benzene rings is 2. The van der Waals surface area contributed by atoms with Crippen LogP contribution in [0.2, 0.25) is 5.02 Å². The summed E-state index contributed by atoms with van der Waals surface area (Å²) in [4.78, 5) is 14.8. The zero-order valence-electron chi connectivity index (χ0n) is 16.3.